The molecule has 0 saturated heterocycles. The van der Waals surface area contributed by atoms with Crippen molar-refractivity contribution in [1.82, 2.24) is 9.97 Å². The van der Waals surface area contributed by atoms with Gasteiger partial charge in [-0.25, -0.2) is 0 Å². The molecule has 6 nitrogen and oxygen atoms in total. The molecule has 2 aliphatic rings. The molecule has 0 bridgehead atoms. The van der Waals surface area contributed by atoms with E-state index in [0.29, 0.717) is 12.9 Å². The van der Waals surface area contributed by atoms with E-state index in [2.05, 4.69) is 9.97 Å². The third-order valence-corrected chi connectivity index (χ3v) is 7.50. The van der Waals surface area contributed by atoms with Crippen LogP contribution in [0.25, 0.3) is 22.5 Å². The number of aliphatic carboxylic acids is 1. The fourth-order valence-corrected chi connectivity index (χ4v) is 6.31. The SMILES string of the molecule is O=COCC1(CC2(CC(=O)O)c3ccccc3-c3ncccc32)c2ccccc2-c2ncccc21. The predicted molar refractivity (Wildman–Crippen MR) is 130 cm³/mol. The van der Waals surface area contributed by atoms with E-state index in [1.54, 1.807) is 12.4 Å². The van der Waals surface area contributed by atoms with Crippen molar-refractivity contribution in [3.05, 3.63) is 107 Å². The summed E-state index contributed by atoms with van der Waals surface area (Å²) in [7, 11) is 0. The number of carbonyl (C=O) groups is 2. The van der Waals surface area contributed by atoms with Gasteiger partial charge in [-0.3, -0.25) is 19.6 Å². The van der Waals surface area contributed by atoms with Crippen molar-refractivity contribution in [2.24, 2.45) is 0 Å². The molecule has 4 aromatic rings. The van der Waals surface area contributed by atoms with Gasteiger partial charge in [0, 0.05) is 28.9 Å². The van der Waals surface area contributed by atoms with Crippen LogP contribution in [0, 0.1) is 0 Å². The average Bonchev–Trinajstić information content (AvgIpc) is 3.31. The normalized spacial score (nSPS) is 20.9. The Balaban J connectivity index is 1.66. The molecule has 2 aromatic heterocycles. The number of ether oxygens (including phenoxy) is 1. The Morgan fingerprint density at radius 2 is 1.29 bits per heavy atom. The minimum Gasteiger partial charge on any atom is -0.481 e. The zero-order valence-electron chi connectivity index (χ0n) is 18.8. The smallest absolute Gasteiger partial charge is 0.304 e. The lowest BCUT2D eigenvalue weighted by Crippen LogP contribution is -2.42. The van der Waals surface area contributed by atoms with Gasteiger partial charge in [0.25, 0.3) is 6.47 Å². The van der Waals surface area contributed by atoms with Crippen molar-refractivity contribution < 1.29 is 19.4 Å². The summed E-state index contributed by atoms with van der Waals surface area (Å²) in [5.41, 5.74) is 5.59. The number of nitrogens with zero attached hydrogens (tertiary/aromatic N) is 2. The van der Waals surface area contributed by atoms with Gasteiger partial charge in [0.15, 0.2) is 0 Å². The Labute approximate surface area is 202 Å². The maximum atomic E-state index is 12.4. The van der Waals surface area contributed by atoms with Crippen molar-refractivity contribution in [3.63, 3.8) is 0 Å². The molecule has 6 rings (SSSR count). The molecule has 0 spiro atoms. The molecule has 2 unspecified atom stereocenters. The first-order chi connectivity index (χ1) is 17.1. The molecule has 2 aromatic carbocycles. The highest BCUT2D eigenvalue weighted by Gasteiger charge is 2.55. The molecular weight excluding hydrogens is 440 g/mol. The molecule has 0 amide bonds. The molecule has 2 atom stereocenters. The first-order valence-electron chi connectivity index (χ1n) is 11.5. The number of fused-ring (bicyclic) bond motifs is 6. The number of carboxylic acids is 1. The highest BCUT2D eigenvalue weighted by atomic mass is 16.5. The highest BCUT2D eigenvalue weighted by Crippen LogP contribution is 2.59. The summed E-state index contributed by atoms with van der Waals surface area (Å²) >= 11 is 0. The molecular formula is C29H22N2O4. The van der Waals surface area contributed by atoms with Crippen molar-refractivity contribution in [2.75, 3.05) is 6.61 Å². The van der Waals surface area contributed by atoms with Gasteiger partial charge >= 0.3 is 5.97 Å². The second kappa shape index (κ2) is 7.87. The Morgan fingerprint density at radius 3 is 1.86 bits per heavy atom. The summed E-state index contributed by atoms with van der Waals surface area (Å²) in [4.78, 5) is 33.3. The van der Waals surface area contributed by atoms with Crippen LogP contribution in [-0.2, 0) is 25.2 Å². The maximum absolute atomic E-state index is 12.4. The lowest BCUT2D eigenvalue weighted by molar-refractivity contribution is -0.138. The third kappa shape index (κ3) is 2.96. The molecule has 0 aliphatic heterocycles. The molecule has 0 fully saturated rings. The van der Waals surface area contributed by atoms with Crippen molar-refractivity contribution in [3.8, 4) is 22.5 Å². The first-order valence-corrected chi connectivity index (χ1v) is 11.5. The van der Waals surface area contributed by atoms with Gasteiger partial charge in [-0.15, -0.1) is 0 Å². The van der Waals surface area contributed by atoms with Crippen LogP contribution in [-0.4, -0.2) is 34.1 Å². The fourth-order valence-electron chi connectivity index (χ4n) is 6.31. The number of hydrogen-bond acceptors (Lipinski definition) is 5. The Morgan fingerprint density at radius 1 is 0.771 bits per heavy atom. The van der Waals surface area contributed by atoms with E-state index >= 15 is 0 Å². The third-order valence-electron chi connectivity index (χ3n) is 7.50. The van der Waals surface area contributed by atoms with Crippen LogP contribution in [0.4, 0.5) is 0 Å². The van der Waals surface area contributed by atoms with E-state index in [0.717, 1.165) is 44.8 Å². The van der Waals surface area contributed by atoms with Crippen LogP contribution in [0.2, 0.25) is 0 Å². The van der Waals surface area contributed by atoms with Gasteiger partial charge in [0.1, 0.15) is 6.61 Å². The van der Waals surface area contributed by atoms with E-state index in [4.69, 9.17) is 4.74 Å². The van der Waals surface area contributed by atoms with Crippen LogP contribution in [0.15, 0.2) is 85.2 Å². The fraction of sp³-hybridized carbons (Fsp3) is 0.172. The number of carbonyl (C=O) groups excluding carboxylic acids is 1. The second-order valence-electron chi connectivity index (χ2n) is 9.21. The van der Waals surface area contributed by atoms with Crippen molar-refractivity contribution >= 4 is 12.4 Å². The van der Waals surface area contributed by atoms with Gasteiger partial charge in [0.05, 0.1) is 23.2 Å². The number of pyridine rings is 2. The summed E-state index contributed by atoms with van der Waals surface area (Å²) in [6.45, 7) is 0.534. The summed E-state index contributed by atoms with van der Waals surface area (Å²) < 4.78 is 5.50. The number of carboxylic acid groups (broad SMARTS) is 1. The molecule has 172 valence electrons. The van der Waals surface area contributed by atoms with Crippen LogP contribution in [0.3, 0.4) is 0 Å². The van der Waals surface area contributed by atoms with E-state index in [-0.39, 0.29) is 13.0 Å². The Bertz CT molecular complexity index is 1390. The first kappa shape index (κ1) is 21.2. The van der Waals surface area contributed by atoms with Crippen LogP contribution < -0.4 is 0 Å². The van der Waals surface area contributed by atoms with Gasteiger partial charge in [-0.2, -0.15) is 0 Å². The second-order valence-corrected chi connectivity index (χ2v) is 9.21. The van der Waals surface area contributed by atoms with Crippen LogP contribution in [0.1, 0.15) is 35.1 Å². The van der Waals surface area contributed by atoms with E-state index < -0.39 is 16.8 Å². The molecule has 0 saturated carbocycles. The quantitative estimate of drug-likeness (QED) is 0.399. The average molecular weight is 463 g/mol. The topological polar surface area (TPSA) is 89.4 Å². The van der Waals surface area contributed by atoms with Gasteiger partial charge < -0.3 is 9.84 Å². The zero-order valence-corrected chi connectivity index (χ0v) is 18.8. The lowest BCUT2D eigenvalue weighted by atomic mass is 9.62. The summed E-state index contributed by atoms with van der Waals surface area (Å²) in [5.74, 6) is -0.902. The largest absolute Gasteiger partial charge is 0.481 e. The number of hydrogen-bond donors (Lipinski definition) is 1. The van der Waals surface area contributed by atoms with Crippen LogP contribution in [0.5, 0.6) is 0 Å². The van der Waals surface area contributed by atoms with Crippen molar-refractivity contribution in [2.45, 2.75) is 23.7 Å². The predicted octanol–water partition coefficient (Wildman–Crippen LogP) is 4.75. The monoisotopic (exact) mass is 462 g/mol. The molecule has 6 heteroatoms. The van der Waals surface area contributed by atoms with Gasteiger partial charge in [-0.05, 0) is 40.8 Å². The van der Waals surface area contributed by atoms with E-state index in [9.17, 15) is 14.7 Å². The molecule has 0 radical (unpaired) electrons. The Hall–Kier alpha value is -4.32. The van der Waals surface area contributed by atoms with E-state index in [1.165, 1.54) is 0 Å². The standard InChI is InChI=1S/C29H22N2O4/c32-18-35-17-29(22-10-4-2-8-20(22)27-24(29)12-6-14-31-27)16-28(15-25(33)34)21-9-3-1-7-19(21)26-23(28)11-5-13-30-26/h1-14,18H,15-17H2,(H,33,34). The van der Waals surface area contributed by atoms with Crippen LogP contribution >= 0.6 is 0 Å². The maximum Gasteiger partial charge on any atom is 0.304 e. The van der Waals surface area contributed by atoms with Gasteiger partial charge in [0.2, 0.25) is 0 Å². The Kier molecular flexibility index (Phi) is 4.78. The zero-order chi connectivity index (χ0) is 24.0. The summed E-state index contributed by atoms with van der Waals surface area (Å²) in [5, 5.41) is 10.2. The van der Waals surface area contributed by atoms with E-state index in [1.807, 2.05) is 72.8 Å². The summed E-state index contributed by atoms with van der Waals surface area (Å²) in [6, 6.07) is 23.6. The minimum atomic E-state index is -0.902. The highest BCUT2D eigenvalue weighted by molar-refractivity contribution is 5.84. The lowest BCUT2D eigenvalue weighted by Gasteiger charge is -2.41. The molecule has 35 heavy (non-hydrogen) atoms. The number of benzene rings is 2. The summed E-state index contributed by atoms with van der Waals surface area (Å²) in [6.07, 6.45) is 3.75. The number of rotatable bonds is 7. The molecule has 2 aliphatic carbocycles. The molecule has 1 N–H and O–H groups in total. The number of aromatic nitrogens is 2. The minimum absolute atomic E-state index is 0.0747. The molecule has 2 heterocycles. The van der Waals surface area contributed by atoms with Crippen molar-refractivity contribution in [1.29, 1.82) is 0 Å². The van der Waals surface area contributed by atoms with Gasteiger partial charge in [-0.1, -0.05) is 60.7 Å².